The van der Waals surface area contributed by atoms with E-state index < -0.39 is 0 Å². The molecule has 1 nitrogen and oxygen atoms in total. The van der Waals surface area contributed by atoms with E-state index in [1.807, 2.05) is 0 Å². The molecular weight excluding hydrogens is 470 g/mol. The van der Waals surface area contributed by atoms with Crippen molar-refractivity contribution in [1.29, 1.82) is 0 Å². The van der Waals surface area contributed by atoms with Gasteiger partial charge in [-0.25, -0.2) is 0 Å². The second-order valence-corrected chi connectivity index (χ2v) is 11.4. The average Bonchev–Trinajstić information content (AvgIpc) is 2.97. The lowest BCUT2D eigenvalue weighted by Gasteiger charge is -2.52. The summed E-state index contributed by atoms with van der Waals surface area (Å²) in [5.41, 5.74) is 8.88. The van der Waals surface area contributed by atoms with Crippen molar-refractivity contribution in [2.24, 2.45) is 5.41 Å². The van der Waals surface area contributed by atoms with Crippen molar-refractivity contribution in [3.63, 3.8) is 0 Å². The van der Waals surface area contributed by atoms with Crippen molar-refractivity contribution >= 4 is 22.1 Å². The van der Waals surface area contributed by atoms with Gasteiger partial charge in [-0.15, -0.1) is 0 Å². The SMILES string of the molecule is CC1(C)/C=C\C=C/CN(c2ccc3ccccc3c2)c2ccccc2C12c1ccccc1Cc1ccccc12. The molecule has 39 heavy (non-hydrogen) atoms. The monoisotopic (exact) mass is 503 g/mol. The third kappa shape index (κ3) is 3.61. The predicted molar refractivity (Wildman–Crippen MR) is 165 cm³/mol. The number of allylic oxidation sites excluding steroid dienone is 3. The Morgan fingerprint density at radius 1 is 0.590 bits per heavy atom. The van der Waals surface area contributed by atoms with Gasteiger partial charge < -0.3 is 4.90 Å². The summed E-state index contributed by atoms with van der Waals surface area (Å²) in [4.78, 5) is 2.50. The smallest absolute Gasteiger partial charge is 0.0562 e. The van der Waals surface area contributed by atoms with Gasteiger partial charge >= 0.3 is 0 Å². The highest BCUT2D eigenvalue weighted by Gasteiger charge is 2.52. The summed E-state index contributed by atoms with van der Waals surface area (Å²) < 4.78 is 0. The van der Waals surface area contributed by atoms with Gasteiger partial charge in [0.2, 0.25) is 0 Å². The van der Waals surface area contributed by atoms with Crippen LogP contribution in [0.5, 0.6) is 0 Å². The van der Waals surface area contributed by atoms with Crippen LogP contribution >= 0.6 is 0 Å². The largest absolute Gasteiger partial charge is 0.337 e. The fourth-order valence-corrected chi connectivity index (χ4v) is 7.14. The van der Waals surface area contributed by atoms with E-state index in [0.29, 0.717) is 0 Å². The first-order valence-electron chi connectivity index (χ1n) is 14.0. The highest BCUT2D eigenvalue weighted by molar-refractivity contribution is 5.87. The van der Waals surface area contributed by atoms with Crippen LogP contribution < -0.4 is 4.90 Å². The summed E-state index contributed by atoms with van der Waals surface area (Å²) in [5.74, 6) is 0. The molecule has 0 saturated carbocycles. The summed E-state index contributed by atoms with van der Waals surface area (Å²) in [6.45, 7) is 5.61. The number of para-hydroxylation sites is 1. The first-order valence-corrected chi connectivity index (χ1v) is 14.0. The van der Waals surface area contributed by atoms with Crippen molar-refractivity contribution in [1.82, 2.24) is 0 Å². The molecule has 1 aliphatic carbocycles. The van der Waals surface area contributed by atoms with Gasteiger partial charge in [0, 0.05) is 23.3 Å². The standard InChI is InChI=1S/C38H33N/c1-37(2)24-12-3-13-25-39(32-23-22-28-14-4-5-15-29(28)27-32)36-21-11-10-20-35(36)38(37)33-18-8-6-16-30(33)26-31-17-7-9-19-34(31)38/h3-24,27H,25-26H2,1-2H3/b13-3-,24-12-. The zero-order chi connectivity index (χ0) is 26.5. The van der Waals surface area contributed by atoms with Gasteiger partial charge in [0.05, 0.1) is 5.41 Å². The second kappa shape index (κ2) is 9.13. The summed E-state index contributed by atoms with van der Waals surface area (Å²) in [6.07, 6.45) is 10.1. The molecule has 0 radical (unpaired) electrons. The Morgan fingerprint density at radius 2 is 1.21 bits per heavy atom. The van der Waals surface area contributed by atoms with Crippen LogP contribution in [0.4, 0.5) is 11.4 Å². The van der Waals surface area contributed by atoms with E-state index in [2.05, 4.69) is 158 Å². The molecule has 0 unspecified atom stereocenters. The van der Waals surface area contributed by atoms with Gasteiger partial charge in [0.1, 0.15) is 0 Å². The third-order valence-corrected chi connectivity index (χ3v) is 8.88. The Balaban J connectivity index is 1.59. The summed E-state index contributed by atoms with van der Waals surface area (Å²) in [6, 6.07) is 42.8. The maximum absolute atomic E-state index is 2.50. The van der Waals surface area contributed by atoms with Crippen LogP contribution in [-0.4, -0.2) is 6.54 Å². The Labute approximate surface area is 231 Å². The zero-order valence-electron chi connectivity index (χ0n) is 22.6. The molecule has 0 bridgehead atoms. The molecule has 190 valence electrons. The Hall–Kier alpha value is -4.36. The van der Waals surface area contributed by atoms with Crippen LogP contribution in [0.1, 0.15) is 41.7 Å². The number of rotatable bonds is 1. The van der Waals surface area contributed by atoms with Crippen LogP contribution in [-0.2, 0) is 11.8 Å². The molecular formula is C38H33N. The molecule has 0 saturated heterocycles. The number of anilines is 2. The van der Waals surface area contributed by atoms with Gasteiger partial charge in [0.25, 0.3) is 0 Å². The van der Waals surface area contributed by atoms with Crippen molar-refractivity contribution in [3.8, 4) is 0 Å². The number of hydrogen-bond donors (Lipinski definition) is 0. The van der Waals surface area contributed by atoms with Gasteiger partial charge in [-0.2, -0.15) is 0 Å². The molecule has 2 aliphatic rings. The van der Waals surface area contributed by atoms with Crippen LogP contribution in [0.25, 0.3) is 10.8 Å². The number of hydrogen-bond acceptors (Lipinski definition) is 1. The number of nitrogens with zero attached hydrogens (tertiary/aromatic N) is 1. The van der Waals surface area contributed by atoms with Gasteiger partial charge in [-0.05, 0) is 63.2 Å². The quantitative estimate of drug-likeness (QED) is 0.220. The van der Waals surface area contributed by atoms with Crippen molar-refractivity contribution in [2.75, 3.05) is 11.4 Å². The normalized spacial score (nSPS) is 18.6. The Morgan fingerprint density at radius 3 is 1.95 bits per heavy atom. The van der Waals surface area contributed by atoms with E-state index in [1.165, 1.54) is 50.0 Å². The van der Waals surface area contributed by atoms with Gasteiger partial charge in [0.15, 0.2) is 0 Å². The minimum Gasteiger partial charge on any atom is -0.337 e. The fraction of sp³-hybridized carbons (Fsp3) is 0.158. The summed E-state index contributed by atoms with van der Waals surface area (Å²) in [5, 5.41) is 2.53. The minimum atomic E-state index is -0.369. The lowest BCUT2D eigenvalue weighted by atomic mass is 9.51. The van der Waals surface area contributed by atoms with Crippen LogP contribution in [0.3, 0.4) is 0 Å². The first kappa shape index (κ1) is 23.7. The van der Waals surface area contributed by atoms with E-state index in [0.717, 1.165) is 13.0 Å². The molecule has 5 aromatic carbocycles. The topological polar surface area (TPSA) is 3.24 Å². The second-order valence-electron chi connectivity index (χ2n) is 11.4. The van der Waals surface area contributed by atoms with E-state index in [9.17, 15) is 0 Å². The van der Waals surface area contributed by atoms with Crippen LogP contribution in [0, 0.1) is 5.41 Å². The molecule has 0 N–H and O–H groups in total. The zero-order valence-corrected chi connectivity index (χ0v) is 22.6. The van der Waals surface area contributed by atoms with Gasteiger partial charge in [-0.1, -0.05) is 135 Å². The number of benzene rings is 5. The highest BCUT2D eigenvalue weighted by Crippen LogP contribution is 2.59. The molecule has 1 heterocycles. The van der Waals surface area contributed by atoms with Crippen molar-refractivity contribution in [2.45, 2.75) is 25.7 Å². The molecule has 7 rings (SSSR count). The van der Waals surface area contributed by atoms with Crippen LogP contribution in [0.2, 0.25) is 0 Å². The molecule has 0 fully saturated rings. The predicted octanol–water partition coefficient (Wildman–Crippen LogP) is 9.37. The molecule has 0 atom stereocenters. The Kier molecular flexibility index (Phi) is 5.56. The lowest BCUT2D eigenvalue weighted by Crippen LogP contribution is -2.47. The van der Waals surface area contributed by atoms with E-state index in [1.54, 1.807) is 0 Å². The Bertz CT molecular complexity index is 1710. The average molecular weight is 504 g/mol. The summed E-state index contributed by atoms with van der Waals surface area (Å²) in [7, 11) is 0. The molecule has 1 heteroatoms. The number of fused-ring (bicyclic) bond motifs is 7. The molecule has 1 aliphatic heterocycles. The highest BCUT2D eigenvalue weighted by atomic mass is 15.1. The molecule has 5 aromatic rings. The van der Waals surface area contributed by atoms with E-state index >= 15 is 0 Å². The van der Waals surface area contributed by atoms with E-state index in [4.69, 9.17) is 0 Å². The van der Waals surface area contributed by atoms with Crippen molar-refractivity contribution < 1.29 is 0 Å². The fourth-order valence-electron chi connectivity index (χ4n) is 7.14. The maximum atomic E-state index is 2.50. The minimum absolute atomic E-state index is 0.216. The lowest BCUT2D eigenvalue weighted by molar-refractivity contribution is 0.313. The van der Waals surface area contributed by atoms with E-state index in [-0.39, 0.29) is 10.8 Å². The first-order chi connectivity index (χ1) is 19.1. The maximum Gasteiger partial charge on any atom is 0.0562 e. The van der Waals surface area contributed by atoms with Crippen LogP contribution in [0.15, 0.2) is 140 Å². The van der Waals surface area contributed by atoms with Crippen molar-refractivity contribution in [3.05, 3.63) is 167 Å². The molecule has 0 amide bonds. The summed E-state index contributed by atoms with van der Waals surface area (Å²) >= 11 is 0. The third-order valence-electron chi connectivity index (χ3n) is 8.88. The molecule has 0 aromatic heterocycles. The van der Waals surface area contributed by atoms with Gasteiger partial charge in [-0.3, -0.25) is 0 Å². The molecule has 1 spiro atoms.